The Morgan fingerprint density at radius 2 is 1.87 bits per heavy atom. The van der Waals surface area contributed by atoms with Crippen LogP contribution >= 0.6 is 0 Å². The van der Waals surface area contributed by atoms with Crippen LogP contribution in [0.3, 0.4) is 0 Å². The number of H-pyrrole nitrogens is 1. The Labute approximate surface area is 85.4 Å². The first-order valence-corrected chi connectivity index (χ1v) is 4.28. The Kier molecular flexibility index (Phi) is 2.91. The van der Waals surface area contributed by atoms with Crippen LogP contribution in [0.15, 0.2) is 43.2 Å². The van der Waals surface area contributed by atoms with Gasteiger partial charge in [-0.15, -0.1) is 10.2 Å². The molecule has 3 rings (SSSR count). The molecule has 0 unspecified atom stereocenters. The molecule has 1 N–H and O–H groups in total. The number of aromatic nitrogens is 6. The zero-order valence-electron chi connectivity index (χ0n) is 7.78. The molecule has 3 heterocycles. The molecule has 6 heteroatoms. The first-order valence-electron chi connectivity index (χ1n) is 4.28. The van der Waals surface area contributed by atoms with Gasteiger partial charge in [0.1, 0.15) is 17.4 Å². The third-order valence-corrected chi connectivity index (χ3v) is 1.60. The number of rotatable bonds is 0. The summed E-state index contributed by atoms with van der Waals surface area (Å²) in [7, 11) is 0. The molecule has 0 aliphatic carbocycles. The topological polar surface area (TPSA) is 80.2 Å². The summed E-state index contributed by atoms with van der Waals surface area (Å²) in [5, 5.41) is 10.7. The van der Waals surface area contributed by atoms with Crippen LogP contribution in [-0.4, -0.2) is 30.4 Å². The lowest BCUT2D eigenvalue weighted by atomic mass is 10.5. The van der Waals surface area contributed by atoms with Crippen LogP contribution in [0.25, 0.3) is 11.0 Å². The Balaban J connectivity index is 0.000000144. The fourth-order valence-corrected chi connectivity index (χ4v) is 0.941. The SMILES string of the molecule is c1cc[nH]c1.c1ncc2nnncc2n1. The van der Waals surface area contributed by atoms with Crippen molar-refractivity contribution >= 4 is 11.0 Å². The minimum atomic E-state index is 0.664. The molecular formula is C9H8N6. The largest absolute Gasteiger partial charge is 0.368 e. The smallest absolute Gasteiger partial charge is 0.133 e. The molecule has 0 aliphatic rings. The molecule has 3 aromatic heterocycles. The summed E-state index contributed by atoms with van der Waals surface area (Å²) in [5.41, 5.74) is 1.38. The molecule has 0 radical (unpaired) electrons. The molecule has 6 nitrogen and oxygen atoms in total. The van der Waals surface area contributed by atoms with Crippen molar-refractivity contribution in [3.05, 3.63) is 43.2 Å². The van der Waals surface area contributed by atoms with Crippen LogP contribution in [0.2, 0.25) is 0 Å². The van der Waals surface area contributed by atoms with Crippen molar-refractivity contribution in [1.82, 2.24) is 30.4 Å². The minimum Gasteiger partial charge on any atom is -0.368 e. The van der Waals surface area contributed by atoms with E-state index in [4.69, 9.17) is 0 Å². The predicted octanol–water partition coefficient (Wildman–Crippen LogP) is 0.829. The van der Waals surface area contributed by atoms with Gasteiger partial charge in [0.2, 0.25) is 0 Å². The molecule has 0 atom stereocenters. The van der Waals surface area contributed by atoms with E-state index in [0.29, 0.717) is 11.0 Å². The Bertz CT molecular complexity index is 424. The number of nitrogens with zero attached hydrogens (tertiary/aromatic N) is 5. The summed E-state index contributed by atoms with van der Waals surface area (Å²) in [6, 6.07) is 3.89. The van der Waals surface area contributed by atoms with Crippen LogP contribution in [-0.2, 0) is 0 Å². The third-order valence-electron chi connectivity index (χ3n) is 1.60. The first kappa shape index (κ1) is 9.20. The Morgan fingerprint density at radius 1 is 1.00 bits per heavy atom. The second-order valence-corrected chi connectivity index (χ2v) is 2.61. The van der Waals surface area contributed by atoms with Gasteiger partial charge in [0.25, 0.3) is 0 Å². The molecule has 0 bridgehead atoms. The summed E-state index contributed by atoms with van der Waals surface area (Å²) < 4.78 is 0. The van der Waals surface area contributed by atoms with Gasteiger partial charge < -0.3 is 4.98 Å². The van der Waals surface area contributed by atoms with E-state index in [1.54, 1.807) is 12.4 Å². The molecule has 0 amide bonds. The van der Waals surface area contributed by atoms with Crippen molar-refractivity contribution in [2.24, 2.45) is 0 Å². The van der Waals surface area contributed by atoms with Crippen molar-refractivity contribution in [2.75, 3.05) is 0 Å². The van der Waals surface area contributed by atoms with Gasteiger partial charge in [-0.1, -0.05) is 0 Å². The van der Waals surface area contributed by atoms with Crippen molar-refractivity contribution < 1.29 is 0 Å². The average Bonchev–Trinajstić information content (AvgIpc) is 2.88. The van der Waals surface area contributed by atoms with E-state index in [0.717, 1.165) is 0 Å². The van der Waals surface area contributed by atoms with E-state index in [1.165, 1.54) is 6.33 Å². The summed E-state index contributed by atoms with van der Waals surface area (Å²) >= 11 is 0. The maximum atomic E-state index is 3.91. The fraction of sp³-hybridized carbons (Fsp3) is 0. The van der Waals surface area contributed by atoms with E-state index < -0.39 is 0 Å². The quantitative estimate of drug-likeness (QED) is 0.581. The molecule has 0 fully saturated rings. The van der Waals surface area contributed by atoms with Crippen LogP contribution < -0.4 is 0 Å². The monoisotopic (exact) mass is 200 g/mol. The van der Waals surface area contributed by atoms with Crippen molar-refractivity contribution in [3.8, 4) is 0 Å². The highest BCUT2D eigenvalue weighted by Crippen LogP contribution is 1.98. The maximum absolute atomic E-state index is 3.91. The van der Waals surface area contributed by atoms with E-state index in [9.17, 15) is 0 Å². The molecule has 0 aliphatic heterocycles. The number of hydrogen-bond acceptors (Lipinski definition) is 5. The lowest BCUT2D eigenvalue weighted by Crippen LogP contribution is -1.89. The van der Waals surface area contributed by atoms with E-state index >= 15 is 0 Å². The minimum absolute atomic E-state index is 0.664. The highest BCUT2D eigenvalue weighted by molar-refractivity contribution is 5.70. The molecule has 74 valence electrons. The molecule has 0 saturated heterocycles. The van der Waals surface area contributed by atoms with Gasteiger partial charge in [-0.3, -0.25) is 0 Å². The highest BCUT2D eigenvalue weighted by atomic mass is 15.3. The normalized spacial score (nSPS) is 9.33. The van der Waals surface area contributed by atoms with Crippen LogP contribution in [0, 0.1) is 0 Å². The Morgan fingerprint density at radius 3 is 2.53 bits per heavy atom. The predicted molar refractivity (Wildman–Crippen MR) is 53.7 cm³/mol. The first-order chi connectivity index (χ1) is 7.47. The second-order valence-electron chi connectivity index (χ2n) is 2.61. The van der Waals surface area contributed by atoms with E-state index in [2.05, 4.69) is 30.4 Å². The molecule has 0 aromatic carbocycles. The van der Waals surface area contributed by atoms with Gasteiger partial charge >= 0.3 is 0 Å². The number of fused-ring (bicyclic) bond motifs is 1. The standard InChI is InChI=1S/C5H3N5.C4H5N/c1-5-4(7-3-6-1)2-8-10-9-5;1-2-4-5-3-1/h1-3H;1-5H. The average molecular weight is 200 g/mol. The molecule has 0 spiro atoms. The maximum Gasteiger partial charge on any atom is 0.133 e. The zero-order valence-corrected chi connectivity index (χ0v) is 7.78. The third kappa shape index (κ3) is 2.53. The van der Waals surface area contributed by atoms with Gasteiger partial charge in [-0.2, -0.15) is 0 Å². The zero-order chi connectivity index (χ0) is 10.3. The van der Waals surface area contributed by atoms with Crippen molar-refractivity contribution in [2.45, 2.75) is 0 Å². The summed E-state index contributed by atoms with van der Waals surface area (Å²) in [6.07, 6.45) is 8.34. The second kappa shape index (κ2) is 4.75. The summed E-state index contributed by atoms with van der Waals surface area (Å²) in [6.45, 7) is 0. The molecule has 15 heavy (non-hydrogen) atoms. The van der Waals surface area contributed by atoms with Gasteiger partial charge in [0, 0.05) is 12.4 Å². The van der Waals surface area contributed by atoms with Gasteiger partial charge in [-0.05, 0) is 17.3 Å². The molecule has 3 aromatic rings. The summed E-state index contributed by atoms with van der Waals surface area (Å²) in [5.74, 6) is 0. The van der Waals surface area contributed by atoms with Crippen LogP contribution in [0.5, 0.6) is 0 Å². The van der Waals surface area contributed by atoms with Gasteiger partial charge in [-0.25, -0.2) is 9.97 Å². The van der Waals surface area contributed by atoms with Crippen LogP contribution in [0.4, 0.5) is 0 Å². The molecular weight excluding hydrogens is 192 g/mol. The molecule has 0 saturated carbocycles. The van der Waals surface area contributed by atoms with Gasteiger partial charge in [0.05, 0.1) is 12.4 Å². The highest BCUT2D eigenvalue weighted by Gasteiger charge is 1.91. The fourth-order valence-electron chi connectivity index (χ4n) is 0.941. The van der Waals surface area contributed by atoms with E-state index in [1.807, 2.05) is 24.5 Å². The number of aromatic amines is 1. The Hall–Kier alpha value is -2.37. The number of nitrogens with one attached hydrogen (secondary N) is 1. The van der Waals surface area contributed by atoms with Crippen molar-refractivity contribution in [1.29, 1.82) is 0 Å². The number of hydrogen-bond donors (Lipinski definition) is 1. The van der Waals surface area contributed by atoms with Gasteiger partial charge in [0.15, 0.2) is 0 Å². The lowest BCUT2D eigenvalue weighted by molar-refractivity contribution is 0.887. The summed E-state index contributed by atoms with van der Waals surface area (Å²) in [4.78, 5) is 10.5. The van der Waals surface area contributed by atoms with Crippen molar-refractivity contribution in [3.63, 3.8) is 0 Å². The van der Waals surface area contributed by atoms with E-state index in [-0.39, 0.29) is 0 Å². The van der Waals surface area contributed by atoms with Crippen LogP contribution in [0.1, 0.15) is 0 Å². The lowest BCUT2D eigenvalue weighted by Gasteiger charge is -1.87.